The number of amides is 1. The van der Waals surface area contributed by atoms with Crippen LogP contribution in [0.4, 0.5) is 0 Å². The molecule has 1 aliphatic rings. The summed E-state index contributed by atoms with van der Waals surface area (Å²) < 4.78 is 6.83. The molecule has 30 heavy (non-hydrogen) atoms. The highest BCUT2D eigenvalue weighted by molar-refractivity contribution is 6.46. The molecule has 0 spiro atoms. The lowest BCUT2D eigenvalue weighted by molar-refractivity contribution is -0.140. The smallest absolute Gasteiger partial charge is 0.295 e. The van der Waals surface area contributed by atoms with E-state index in [-0.39, 0.29) is 11.3 Å². The van der Waals surface area contributed by atoms with Gasteiger partial charge in [-0.05, 0) is 31.0 Å². The van der Waals surface area contributed by atoms with E-state index in [9.17, 15) is 14.7 Å². The Morgan fingerprint density at radius 3 is 2.60 bits per heavy atom. The third-order valence-electron chi connectivity index (χ3n) is 5.33. The molecule has 1 N–H and O–H groups in total. The van der Waals surface area contributed by atoms with Crippen LogP contribution in [0.1, 0.15) is 29.4 Å². The maximum Gasteiger partial charge on any atom is 0.295 e. The fraction of sp³-hybridized carbons (Fsp3) is 0.261. The number of likely N-dealkylation sites (tertiary alicyclic amines) is 1. The van der Waals surface area contributed by atoms with Gasteiger partial charge in [-0.15, -0.1) is 0 Å². The van der Waals surface area contributed by atoms with Gasteiger partial charge in [0.2, 0.25) is 0 Å². The topological polar surface area (TPSA) is 84.1 Å². The summed E-state index contributed by atoms with van der Waals surface area (Å²) in [5, 5.41) is 11.3. The van der Waals surface area contributed by atoms with Crippen molar-refractivity contribution in [3.8, 4) is 0 Å². The van der Waals surface area contributed by atoms with Crippen molar-refractivity contribution in [2.45, 2.75) is 19.4 Å². The number of pyridine rings is 1. The van der Waals surface area contributed by atoms with E-state index in [2.05, 4.69) is 4.98 Å². The van der Waals surface area contributed by atoms with E-state index in [1.165, 1.54) is 4.90 Å². The van der Waals surface area contributed by atoms with E-state index in [1.807, 2.05) is 48.5 Å². The molecule has 1 fully saturated rings. The van der Waals surface area contributed by atoms with Crippen molar-refractivity contribution < 1.29 is 19.4 Å². The number of fused-ring (bicyclic) bond motifs is 1. The summed E-state index contributed by atoms with van der Waals surface area (Å²) in [4.78, 5) is 31.9. The van der Waals surface area contributed by atoms with Crippen LogP contribution in [0.3, 0.4) is 0 Å². The minimum Gasteiger partial charge on any atom is -0.505 e. The Labute approximate surface area is 174 Å². The number of imidazole rings is 1. The van der Waals surface area contributed by atoms with Gasteiger partial charge in [-0.3, -0.25) is 14.0 Å². The van der Waals surface area contributed by atoms with Crippen LogP contribution in [0.25, 0.3) is 11.4 Å². The van der Waals surface area contributed by atoms with Gasteiger partial charge in [0.15, 0.2) is 5.76 Å². The number of carbonyl (C=O) groups is 2. The second-order valence-corrected chi connectivity index (χ2v) is 7.22. The van der Waals surface area contributed by atoms with Gasteiger partial charge < -0.3 is 14.7 Å². The first-order chi connectivity index (χ1) is 14.5. The first-order valence-electron chi connectivity index (χ1n) is 9.81. The van der Waals surface area contributed by atoms with Gasteiger partial charge >= 0.3 is 0 Å². The number of ketones is 1. The number of methoxy groups -OCH3 is 1. The highest BCUT2D eigenvalue weighted by atomic mass is 16.5. The van der Waals surface area contributed by atoms with Crippen LogP contribution in [-0.4, -0.2) is 51.3 Å². The van der Waals surface area contributed by atoms with Crippen molar-refractivity contribution in [2.24, 2.45) is 0 Å². The average molecular weight is 405 g/mol. The molecule has 1 aliphatic heterocycles. The standard InChI is InChI=1S/C23H23N3O4/c1-15-19(25-12-7-6-11-17(25)24-15)21(27)18-20(16-9-4-3-5-10-16)26(13-8-14-30-2)23(29)22(18)28/h3-7,9-12,20,27H,8,13-14H2,1-2H3. The maximum absolute atomic E-state index is 13.0. The zero-order chi connectivity index (χ0) is 21.3. The van der Waals surface area contributed by atoms with Crippen LogP contribution in [0.2, 0.25) is 0 Å². The zero-order valence-electron chi connectivity index (χ0n) is 16.9. The first kappa shape index (κ1) is 19.8. The normalized spacial score (nSPS) is 18.5. The summed E-state index contributed by atoms with van der Waals surface area (Å²) in [6.45, 7) is 2.59. The quantitative estimate of drug-likeness (QED) is 0.295. The first-order valence-corrected chi connectivity index (χ1v) is 9.81. The number of benzene rings is 1. The Bertz CT molecular complexity index is 1130. The van der Waals surface area contributed by atoms with E-state index >= 15 is 0 Å². The van der Waals surface area contributed by atoms with Gasteiger partial charge in [0.05, 0.1) is 17.3 Å². The lowest BCUT2D eigenvalue weighted by Gasteiger charge is -2.25. The van der Waals surface area contributed by atoms with Crippen LogP contribution < -0.4 is 0 Å². The molecule has 0 bridgehead atoms. The largest absolute Gasteiger partial charge is 0.505 e. The lowest BCUT2D eigenvalue weighted by Crippen LogP contribution is -2.31. The van der Waals surface area contributed by atoms with E-state index in [1.54, 1.807) is 24.6 Å². The summed E-state index contributed by atoms with van der Waals surface area (Å²) in [6.07, 6.45) is 2.36. The second-order valence-electron chi connectivity index (χ2n) is 7.22. The predicted octanol–water partition coefficient (Wildman–Crippen LogP) is 3.10. The number of rotatable bonds is 6. The number of hydrogen-bond donors (Lipinski definition) is 1. The molecular formula is C23H23N3O4. The highest BCUT2D eigenvalue weighted by Gasteiger charge is 2.46. The second kappa shape index (κ2) is 8.12. The van der Waals surface area contributed by atoms with Crippen molar-refractivity contribution in [2.75, 3.05) is 20.3 Å². The number of carbonyl (C=O) groups excluding carboxylic acids is 2. The van der Waals surface area contributed by atoms with Gasteiger partial charge in [0.1, 0.15) is 11.3 Å². The fourth-order valence-corrected chi connectivity index (χ4v) is 4.00. The lowest BCUT2D eigenvalue weighted by atomic mass is 9.96. The average Bonchev–Trinajstić information content (AvgIpc) is 3.22. The molecular weight excluding hydrogens is 382 g/mol. The highest BCUT2D eigenvalue weighted by Crippen LogP contribution is 2.39. The van der Waals surface area contributed by atoms with Crippen molar-refractivity contribution >= 4 is 23.1 Å². The molecule has 7 heteroatoms. The molecule has 0 radical (unpaired) electrons. The van der Waals surface area contributed by atoms with E-state index in [0.29, 0.717) is 36.6 Å². The van der Waals surface area contributed by atoms with E-state index in [0.717, 1.165) is 5.56 Å². The number of aliphatic hydroxyl groups excluding tert-OH is 1. The Kier molecular flexibility index (Phi) is 5.37. The minimum atomic E-state index is -0.691. The molecule has 1 aromatic carbocycles. The monoisotopic (exact) mass is 405 g/mol. The van der Waals surface area contributed by atoms with E-state index in [4.69, 9.17) is 4.74 Å². The molecule has 1 atom stereocenters. The van der Waals surface area contributed by atoms with Crippen molar-refractivity contribution in [1.29, 1.82) is 0 Å². The SMILES string of the molecule is COCCCN1C(=O)C(=O)C(=C(O)c2c(C)nc3ccccn23)C1c1ccccc1. The van der Waals surface area contributed by atoms with Gasteiger partial charge in [-0.2, -0.15) is 0 Å². The Hall–Kier alpha value is -3.45. The van der Waals surface area contributed by atoms with Crippen molar-refractivity contribution in [1.82, 2.24) is 14.3 Å². The van der Waals surface area contributed by atoms with Crippen molar-refractivity contribution in [3.63, 3.8) is 0 Å². The molecule has 154 valence electrons. The fourth-order valence-electron chi connectivity index (χ4n) is 4.00. The van der Waals surface area contributed by atoms with Crippen LogP contribution in [-0.2, 0) is 14.3 Å². The molecule has 4 rings (SSSR count). The molecule has 1 saturated heterocycles. The van der Waals surface area contributed by atoms with E-state index < -0.39 is 17.7 Å². The summed E-state index contributed by atoms with van der Waals surface area (Å²) >= 11 is 0. The summed E-state index contributed by atoms with van der Waals surface area (Å²) in [5.41, 5.74) is 2.50. The van der Waals surface area contributed by atoms with Crippen LogP contribution in [0.5, 0.6) is 0 Å². The zero-order valence-corrected chi connectivity index (χ0v) is 16.9. The van der Waals surface area contributed by atoms with Gasteiger partial charge in [0, 0.05) is 26.5 Å². The molecule has 1 unspecified atom stereocenters. The molecule has 1 amide bonds. The third kappa shape index (κ3) is 3.27. The Balaban J connectivity index is 1.90. The van der Waals surface area contributed by atoms with Gasteiger partial charge in [0.25, 0.3) is 11.7 Å². The Morgan fingerprint density at radius 1 is 1.13 bits per heavy atom. The third-order valence-corrected chi connectivity index (χ3v) is 5.33. The summed E-state index contributed by atoms with van der Waals surface area (Å²) in [6, 6.07) is 14.1. The maximum atomic E-state index is 13.0. The molecule has 3 aromatic rings. The number of aliphatic hydroxyl groups is 1. The number of nitrogens with zero attached hydrogens (tertiary/aromatic N) is 3. The number of ether oxygens (including phenoxy) is 1. The summed E-state index contributed by atoms with van der Waals surface area (Å²) in [5.74, 6) is -1.52. The van der Waals surface area contributed by atoms with Crippen LogP contribution in [0.15, 0.2) is 60.3 Å². The summed E-state index contributed by atoms with van der Waals surface area (Å²) in [7, 11) is 1.59. The molecule has 0 saturated carbocycles. The van der Waals surface area contributed by atoms with Crippen molar-refractivity contribution in [3.05, 3.63) is 77.3 Å². The number of aromatic nitrogens is 2. The molecule has 0 aliphatic carbocycles. The Morgan fingerprint density at radius 2 is 1.87 bits per heavy atom. The number of aryl methyl sites for hydroxylation is 1. The van der Waals surface area contributed by atoms with Crippen LogP contribution in [0, 0.1) is 6.92 Å². The predicted molar refractivity (Wildman–Crippen MR) is 112 cm³/mol. The number of hydrogen-bond acceptors (Lipinski definition) is 5. The van der Waals surface area contributed by atoms with Crippen LogP contribution >= 0.6 is 0 Å². The molecule has 7 nitrogen and oxygen atoms in total. The molecule has 2 aromatic heterocycles. The number of Topliss-reactive ketones (excluding diaryl/α,β-unsaturated/α-hetero) is 1. The minimum absolute atomic E-state index is 0.0809. The molecule has 3 heterocycles. The van der Waals surface area contributed by atoms with Gasteiger partial charge in [-0.25, -0.2) is 4.98 Å². The van der Waals surface area contributed by atoms with Gasteiger partial charge in [-0.1, -0.05) is 36.4 Å².